The highest BCUT2D eigenvalue weighted by atomic mass is 16.1. The summed E-state index contributed by atoms with van der Waals surface area (Å²) in [5, 5.41) is 3.19. The van der Waals surface area contributed by atoms with Gasteiger partial charge >= 0.3 is 0 Å². The van der Waals surface area contributed by atoms with Crippen molar-refractivity contribution < 1.29 is 4.79 Å². The van der Waals surface area contributed by atoms with E-state index in [-0.39, 0.29) is 11.9 Å². The van der Waals surface area contributed by atoms with E-state index in [0.29, 0.717) is 6.42 Å². The molecule has 1 aromatic heterocycles. The Kier molecular flexibility index (Phi) is 9.32. The molecule has 0 aliphatic heterocycles. The number of carbonyl (C=O) groups is 1. The van der Waals surface area contributed by atoms with Crippen LogP contribution in [0.3, 0.4) is 0 Å². The number of nitrogens with zero attached hydrogens (tertiary/aromatic N) is 2. The van der Waals surface area contributed by atoms with Crippen LogP contribution in [0.2, 0.25) is 0 Å². The van der Waals surface area contributed by atoms with Crippen LogP contribution in [0.5, 0.6) is 0 Å². The second kappa shape index (κ2) is 13.1. The van der Waals surface area contributed by atoms with E-state index >= 15 is 0 Å². The number of imidazole rings is 1. The Labute approximate surface area is 215 Å². The highest BCUT2D eigenvalue weighted by Gasteiger charge is 2.18. The molecule has 0 aliphatic carbocycles. The van der Waals surface area contributed by atoms with Crippen molar-refractivity contribution in [3.05, 3.63) is 90.3 Å². The molecule has 0 radical (unpaired) electrons. The lowest BCUT2D eigenvalue weighted by Gasteiger charge is -2.17. The SMILES string of the molecule is CCCCCCCCCn1c(C(C)NC(=O)Cc2ccc(-c3ccccc3)cc2)nc2ccccc21. The third-order valence-corrected chi connectivity index (χ3v) is 6.86. The van der Waals surface area contributed by atoms with E-state index < -0.39 is 0 Å². The molecule has 1 N–H and O–H groups in total. The number of aromatic nitrogens is 2. The molecule has 0 aliphatic rings. The molecular formula is C32H39N3O. The van der Waals surface area contributed by atoms with Gasteiger partial charge in [-0.25, -0.2) is 4.98 Å². The molecule has 188 valence electrons. The maximum Gasteiger partial charge on any atom is 0.224 e. The third kappa shape index (κ3) is 6.84. The molecule has 36 heavy (non-hydrogen) atoms. The largest absolute Gasteiger partial charge is 0.346 e. The molecule has 4 heteroatoms. The summed E-state index contributed by atoms with van der Waals surface area (Å²) >= 11 is 0. The first-order valence-electron chi connectivity index (χ1n) is 13.5. The number of fused-ring (bicyclic) bond motifs is 1. The van der Waals surface area contributed by atoms with Crippen LogP contribution >= 0.6 is 0 Å². The van der Waals surface area contributed by atoms with Crippen molar-refractivity contribution in [3.63, 3.8) is 0 Å². The Morgan fingerprint density at radius 2 is 1.44 bits per heavy atom. The molecule has 1 amide bonds. The van der Waals surface area contributed by atoms with E-state index in [0.717, 1.165) is 41.0 Å². The minimum atomic E-state index is -0.155. The van der Waals surface area contributed by atoms with Crippen molar-refractivity contribution >= 4 is 16.9 Å². The van der Waals surface area contributed by atoms with Crippen LogP contribution in [0.1, 0.15) is 76.2 Å². The molecule has 3 aromatic carbocycles. The Hall–Kier alpha value is -3.40. The minimum Gasteiger partial charge on any atom is -0.346 e. The van der Waals surface area contributed by atoms with E-state index in [1.807, 2.05) is 43.3 Å². The number of hydrogen-bond acceptors (Lipinski definition) is 2. The van der Waals surface area contributed by atoms with Crippen LogP contribution in [-0.4, -0.2) is 15.5 Å². The van der Waals surface area contributed by atoms with Gasteiger partial charge < -0.3 is 9.88 Å². The number of carbonyl (C=O) groups excluding carboxylic acids is 1. The van der Waals surface area contributed by atoms with Crippen molar-refractivity contribution in [1.29, 1.82) is 0 Å². The lowest BCUT2D eigenvalue weighted by atomic mass is 10.0. The van der Waals surface area contributed by atoms with E-state index in [1.54, 1.807) is 0 Å². The Morgan fingerprint density at radius 1 is 0.806 bits per heavy atom. The fraction of sp³-hybridized carbons (Fsp3) is 0.375. The highest BCUT2D eigenvalue weighted by Crippen LogP contribution is 2.23. The van der Waals surface area contributed by atoms with Crippen LogP contribution in [0.25, 0.3) is 22.2 Å². The highest BCUT2D eigenvalue weighted by molar-refractivity contribution is 5.80. The van der Waals surface area contributed by atoms with Crippen molar-refractivity contribution in [2.24, 2.45) is 0 Å². The topological polar surface area (TPSA) is 46.9 Å². The lowest BCUT2D eigenvalue weighted by Crippen LogP contribution is -2.30. The monoisotopic (exact) mass is 481 g/mol. The maximum atomic E-state index is 12.9. The predicted octanol–water partition coefficient (Wildman–Crippen LogP) is 7.87. The zero-order chi connectivity index (χ0) is 25.2. The van der Waals surface area contributed by atoms with Gasteiger partial charge in [0.15, 0.2) is 0 Å². The van der Waals surface area contributed by atoms with E-state index in [4.69, 9.17) is 4.98 Å². The molecule has 1 heterocycles. The van der Waals surface area contributed by atoms with Gasteiger partial charge in [-0.3, -0.25) is 4.79 Å². The van der Waals surface area contributed by atoms with Crippen LogP contribution in [-0.2, 0) is 17.8 Å². The molecule has 4 nitrogen and oxygen atoms in total. The molecule has 1 atom stereocenters. The first kappa shape index (κ1) is 25.7. The van der Waals surface area contributed by atoms with Gasteiger partial charge in [0.05, 0.1) is 23.5 Å². The zero-order valence-electron chi connectivity index (χ0n) is 21.7. The molecule has 0 spiro atoms. The summed E-state index contributed by atoms with van der Waals surface area (Å²) in [6.45, 7) is 5.23. The van der Waals surface area contributed by atoms with Gasteiger partial charge in [-0.15, -0.1) is 0 Å². The predicted molar refractivity (Wildman–Crippen MR) is 150 cm³/mol. The number of hydrogen-bond donors (Lipinski definition) is 1. The summed E-state index contributed by atoms with van der Waals surface area (Å²) in [7, 11) is 0. The van der Waals surface area contributed by atoms with E-state index in [1.165, 1.54) is 44.1 Å². The second-order valence-corrected chi connectivity index (χ2v) is 9.76. The number of unbranched alkanes of at least 4 members (excludes halogenated alkanes) is 6. The lowest BCUT2D eigenvalue weighted by molar-refractivity contribution is -0.121. The first-order valence-corrected chi connectivity index (χ1v) is 13.5. The van der Waals surface area contributed by atoms with Crippen molar-refractivity contribution in [2.45, 2.75) is 77.8 Å². The van der Waals surface area contributed by atoms with Gasteiger partial charge in [-0.05, 0) is 42.2 Å². The Morgan fingerprint density at radius 3 is 2.19 bits per heavy atom. The average molecular weight is 482 g/mol. The summed E-state index contributed by atoms with van der Waals surface area (Å²) in [5.41, 5.74) is 5.49. The number of nitrogens with one attached hydrogen (secondary N) is 1. The molecule has 4 rings (SSSR count). The summed E-state index contributed by atoms with van der Waals surface area (Å²) in [6, 6.07) is 26.7. The fourth-order valence-corrected chi connectivity index (χ4v) is 4.87. The van der Waals surface area contributed by atoms with Gasteiger partial charge in [0.25, 0.3) is 0 Å². The smallest absolute Gasteiger partial charge is 0.224 e. The summed E-state index contributed by atoms with van der Waals surface area (Å²) in [5.74, 6) is 0.958. The number of amides is 1. The number of para-hydroxylation sites is 2. The number of aryl methyl sites for hydroxylation is 1. The van der Waals surface area contributed by atoms with E-state index in [2.05, 4.69) is 59.3 Å². The van der Waals surface area contributed by atoms with Crippen LogP contribution in [0, 0.1) is 0 Å². The van der Waals surface area contributed by atoms with Gasteiger partial charge in [0, 0.05) is 6.54 Å². The minimum absolute atomic E-state index is 0.0180. The normalized spacial score (nSPS) is 12.1. The van der Waals surface area contributed by atoms with Crippen molar-refractivity contribution in [2.75, 3.05) is 0 Å². The van der Waals surface area contributed by atoms with Crippen molar-refractivity contribution in [1.82, 2.24) is 14.9 Å². The summed E-state index contributed by atoms with van der Waals surface area (Å²) < 4.78 is 2.31. The Bertz CT molecular complexity index is 1230. The molecule has 0 fully saturated rings. The molecule has 0 saturated carbocycles. The first-order chi connectivity index (χ1) is 17.7. The third-order valence-electron chi connectivity index (χ3n) is 6.86. The van der Waals surface area contributed by atoms with Crippen LogP contribution < -0.4 is 5.32 Å². The average Bonchev–Trinajstić information content (AvgIpc) is 3.28. The number of rotatable bonds is 13. The van der Waals surface area contributed by atoms with Gasteiger partial charge in [-0.2, -0.15) is 0 Å². The van der Waals surface area contributed by atoms with Crippen molar-refractivity contribution in [3.8, 4) is 11.1 Å². The quantitative estimate of drug-likeness (QED) is 0.197. The fourth-order valence-electron chi connectivity index (χ4n) is 4.87. The van der Waals surface area contributed by atoms with Crippen LogP contribution in [0.15, 0.2) is 78.9 Å². The maximum absolute atomic E-state index is 12.9. The standard InChI is InChI=1S/C32H39N3O/c1-3-4-5-6-7-8-14-23-35-30-18-13-12-17-29(30)34-32(35)25(2)33-31(36)24-26-19-21-28(22-20-26)27-15-10-9-11-16-27/h9-13,15-22,25H,3-8,14,23-24H2,1-2H3,(H,33,36). The molecule has 0 bridgehead atoms. The van der Waals surface area contributed by atoms with Gasteiger partial charge in [0.2, 0.25) is 5.91 Å². The number of benzene rings is 3. The molecule has 1 unspecified atom stereocenters. The molecular weight excluding hydrogens is 442 g/mol. The molecule has 4 aromatic rings. The molecule has 0 saturated heterocycles. The van der Waals surface area contributed by atoms with Gasteiger partial charge in [-0.1, -0.05) is 112 Å². The summed E-state index contributed by atoms with van der Waals surface area (Å²) in [6.07, 6.45) is 9.30. The van der Waals surface area contributed by atoms with Crippen LogP contribution in [0.4, 0.5) is 0 Å². The Balaban J connectivity index is 1.37. The second-order valence-electron chi connectivity index (χ2n) is 9.76. The zero-order valence-corrected chi connectivity index (χ0v) is 21.7. The summed E-state index contributed by atoms with van der Waals surface area (Å²) in [4.78, 5) is 17.8. The van der Waals surface area contributed by atoms with Gasteiger partial charge in [0.1, 0.15) is 5.82 Å². The van der Waals surface area contributed by atoms with E-state index in [9.17, 15) is 4.79 Å².